The molecule has 3 aromatic rings. The molecule has 5 rings (SSSR count). The van der Waals surface area contributed by atoms with Crippen LogP contribution in [0.2, 0.25) is 5.02 Å². The Morgan fingerprint density at radius 1 is 1.17 bits per heavy atom. The van der Waals surface area contributed by atoms with Gasteiger partial charge in [-0.2, -0.15) is 0 Å². The Labute approximate surface area is 224 Å². The first-order chi connectivity index (χ1) is 17.5. The van der Waals surface area contributed by atoms with Gasteiger partial charge in [-0.05, 0) is 49.3 Å². The molecule has 0 amide bonds. The van der Waals surface area contributed by atoms with E-state index in [4.69, 9.17) is 21.1 Å². The van der Waals surface area contributed by atoms with E-state index in [2.05, 4.69) is 4.98 Å². The van der Waals surface area contributed by atoms with Crippen LogP contribution in [-0.2, 0) is 20.7 Å². The van der Waals surface area contributed by atoms with Crippen molar-refractivity contribution in [3.63, 3.8) is 0 Å². The van der Waals surface area contributed by atoms with E-state index in [9.17, 15) is 9.59 Å². The third-order valence-electron chi connectivity index (χ3n) is 7.21. The summed E-state index contributed by atoms with van der Waals surface area (Å²) in [5.74, 6) is 0.331. The molecule has 2 fully saturated rings. The lowest BCUT2D eigenvalue weighted by Crippen LogP contribution is -2.53. The van der Waals surface area contributed by atoms with Crippen LogP contribution in [0, 0.1) is 5.92 Å². The largest absolute Gasteiger partial charge is 0.495 e. The maximum absolute atomic E-state index is 13.4. The van der Waals surface area contributed by atoms with E-state index in [0.717, 1.165) is 42.5 Å². The highest BCUT2D eigenvalue weighted by atomic mass is 35.5. The second kappa shape index (κ2) is 11.0. The number of hydrogen-bond donors (Lipinski definition) is 0. The molecule has 0 spiro atoms. The van der Waals surface area contributed by atoms with Gasteiger partial charge in [-0.1, -0.05) is 72.6 Å². The molecule has 5 nitrogen and oxygen atoms in total. The normalized spacial score (nSPS) is 22.6. The molecule has 1 saturated carbocycles. The number of ether oxygens (including phenoxy) is 2. The molecule has 1 aromatic heterocycles. The van der Waals surface area contributed by atoms with Crippen molar-refractivity contribution in [2.75, 3.05) is 7.11 Å². The molecule has 1 aliphatic heterocycles. The summed E-state index contributed by atoms with van der Waals surface area (Å²) in [6.45, 7) is 0. The number of Topliss-reactive ketones (excluding diaryl/α,β-unsaturated/α-hetero) is 1. The van der Waals surface area contributed by atoms with Gasteiger partial charge in [0.05, 0.1) is 17.8 Å². The fourth-order valence-electron chi connectivity index (χ4n) is 5.32. The van der Waals surface area contributed by atoms with Gasteiger partial charge in [-0.15, -0.1) is 11.3 Å². The van der Waals surface area contributed by atoms with Crippen molar-refractivity contribution in [3.8, 4) is 17.0 Å². The predicted octanol–water partition coefficient (Wildman–Crippen LogP) is 7.01. The third-order valence-corrected chi connectivity index (χ3v) is 9.70. The first-order valence-corrected chi connectivity index (χ1v) is 14.4. The summed E-state index contributed by atoms with van der Waals surface area (Å²) >= 11 is 8.98. The fraction of sp³-hybridized carbons (Fsp3) is 0.393. The SMILES string of the molecule is COc1ccc(CCC2(C3CCCC3)CC(=O)C(Sc3nc(-c4ccccc4)cs3)C(=O)O2)cc1Cl. The Hall–Kier alpha value is -2.35. The maximum Gasteiger partial charge on any atom is 0.327 e. The summed E-state index contributed by atoms with van der Waals surface area (Å²) in [6.07, 6.45) is 5.69. The van der Waals surface area contributed by atoms with Gasteiger partial charge in [0, 0.05) is 17.4 Å². The van der Waals surface area contributed by atoms with Gasteiger partial charge in [0.1, 0.15) is 11.4 Å². The number of halogens is 1. The Balaban J connectivity index is 1.31. The van der Waals surface area contributed by atoms with Gasteiger partial charge in [0.2, 0.25) is 0 Å². The fourth-order valence-corrected chi connectivity index (χ4v) is 7.52. The second-order valence-corrected chi connectivity index (χ2v) is 12.1. The van der Waals surface area contributed by atoms with Crippen LogP contribution in [0.1, 0.15) is 44.1 Å². The number of carbonyl (C=O) groups is 2. The highest BCUT2D eigenvalue weighted by molar-refractivity contribution is 8.03. The third kappa shape index (κ3) is 5.34. The molecule has 2 aliphatic rings. The van der Waals surface area contributed by atoms with Gasteiger partial charge < -0.3 is 9.47 Å². The summed E-state index contributed by atoms with van der Waals surface area (Å²) in [7, 11) is 1.59. The molecule has 2 atom stereocenters. The van der Waals surface area contributed by atoms with E-state index in [-0.39, 0.29) is 18.1 Å². The van der Waals surface area contributed by atoms with E-state index in [1.165, 1.54) is 23.1 Å². The Bertz CT molecular complexity index is 1220. The lowest BCUT2D eigenvalue weighted by Gasteiger charge is -2.42. The number of esters is 1. The number of aromatic nitrogens is 1. The molecule has 1 aliphatic carbocycles. The number of rotatable bonds is 8. The van der Waals surface area contributed by atoms with Crippen molar-refractivity contribution in [3.05, 3.63) is 64.5 Å². The summed E-state index contributed by atoms with van der Waals surface area (Å²) in [5, 5.41) is 1.64. The number of benzene rings is 2. The number of thiazole rings is 1. The summed E-state index contributed by atoms with van der Waals surface area (Å²) in [4.78, 5) is 31.4. The smallest absolute Gasteiger partial charge is 0.327 e. The van der Waals surface area contributed by atoms with Gasteiger partial charge in [0.15, 0.2) is 15.4 Å². The maximum atomic E-state index is 13.4. The highest BCUT2D eigenvalue weighted by Crippen LogP contribution is 2.46. The predicted molar refractivity (Wildman–Crippen MR) is 144 cm³/mol. The number of carbonyl (C=O) groups excluding carboxylic acids is 2. The minimum absolute atomic E-state index is 0.0626. The molecule has 0 N–H and O–H groups in total. The van der Waals surface area contributed by atoms with E-state index in [0.29, 0.717) is 28.0 Å². The minimum Gasteiger partial charge on any atom is -0.495 e. The highest BCUT2D eigenvalue weighted by Gasteiger charge is 2.52. The van der Waals surface area contributed by atoms with E-state index in [1.54, 1.807) is 7.11 Å². The standard InChI is InChI=1S/C28H28ClNO4S2/c1-33-24-12-11-18(15-21(24)29)13-14-28(20-9-5-6-10-20)16-23(31)25(26(32)34-28)36-27-30-22(17-35-27)19-7-3-2-4-8-19/h2-4,7-8,11-12,15,17,20,25H,5-6,9-10,13-14,16H2,1H3. The molecule has 2 heterocycles. The van der Waals surface area contributed by atoms with Crippen LogP contribution in [0.4, 0.5) is 0 Å². The monoisotopic (exact) mass is 541 g/mol. The molecule has 2 aromatic carbocycles. The van der Waals surface area contributed by atoms with Crippen LogP contribution in [0.3, 0.4) is 0 Å². The molecular formula is C28H28ClNO4S2. The number of ketones is 1. The van der Waals surface area contributed by atoms with Crippen LogP contribution in [0.15, 0.2) is 58.3 Å². The lowest BCUT2D eigenvalue weighted by molar-refractivity contribution is -0.177. The van der Waals surface area contributed by atoms with E-state index >= 15 is 0 Å². The Kier molecular flexibility index (Phi) is 7.70. The zero-order valence-electron chi connectivity index (χ0n) is 20.1. The topological polar surface area (TPSA) is 65.5 Å². The number of hydrogen-bond acceptors (Lipinski definition) is 7. The Morgan fingerprint density at radius 2 is 1.94 bits per heavy atom. The van der Waals surface area contributed by atoms with Crippen molar-refractivity contribution in [1.29, 1.82) is 0 Å². The van der Waals surface area contributed by atoms with Crippen molar-refractivity contribution < 1.29 is 19.1 Å². The molecule has 188 valence electrons. The molecule has 2 unspecified atom stereocenters. The number of cyclic esters (lactones) is 1. The van der Waals surface area contributed by atoms with Crippen LogP contribution in [-0.4, -0.2) is 34.7 Å². The number of thioether (sulfide) groups is 1. The summed E-state index contributed by atoms with van der Waals surface area (Å²) < 4.78 is 12.2. The molecular weight excluding hydrogens is 514 g/mol. The number of nitrogens with zero attached hydrogens (tertiary/aromatic N) is 1. The van der Waals surface area contributed by atoms with Gasteiger partial charge in [0.25, 0.3) is 0 Å². The van der Waals surface area contributed by atoms with Gasteiger partial charge in [-0.3, -0.25) is 9.59 Å². The molecule has 36 heavy (non-hydrogen) atoms. The zero-order chi connectivity index (χ0) is 25.1. The molecule has 1 saturated heterocycles. The van der Waals surface area contributed by atoms with Crippen molar-refractivity contribution >= 4 is 46.5 Å². The lowest BCUT2D eigenvalue weighted by atomic mass is 9.76. The van der Waals surface area contributed by atoms with E-state index < -0.39 is 16.8 Å². The summed E-state index contributed by atoms with van der Waals surface area (Å²) in [5.41, 5.74) is 2.14. The number of methoxy groups -OCH3 is 1. The summed E-state index contributed by atoms with van der Waals surface area (Å²) in [6, 6.07) is 15.6. The van der Waals surface area contributed by atoms with Crippen molar-refractivity contribution in [2.45, 2.75) is 60.1 Å². The van der Waals surface area contributed by atoms with E-state index in [1.807, 2.05) is 53.9 Å². The average Bonchev–Trinajstić information content (AvgIpc) is 3.59. The number of aryl methyl sites for hydroxylation is 1. The van der Waals surface area contributed by atoms with Crippen LogP contribution < -0.4 is 4.74 Å². The van der Waals surface area contributed by atoms with Crippen LogP contribution >= 0.6 is 34.7 Å². The molecule has 8 heteroatoms. The van der Waals surface area contributed by atoms with Gasteiger partial charge in [-0.25, -0.2) is 4.98 Å². The first-order valence-electron chi connectivity index (χ1n) is 12.2. The quantitative estimate of drug-likeness (QED) is 0.226. The molecule has 0 bridgehead atoms. The Morgan fingerprint density at radius 3 is 2.64 bits per heavy atom. The van der Waals surface area contributed by atoms with Crippen molar-refractivity contribution in [2.24, 2.45) is 5.92 Å². The first kappa shape index (κ1) is 25.3. The minimum atomic E-state index is -0.871. The second-order valence-electron chi connectivity index (χ2n) is 9.44. The van der Waals surface area contributed by atoms with Gasteiger partial charge >= 0.3 is 5.97 Å². The van der Waals surface area contributed by atoms with Crippen molar-refractivity contribution in [1.82, 2.24) is 4.98 Å². The van der Waals surface area contributed by atoms with Crippen LogP contribution in [0.5, 0.6) is 5.75 Å². The van der Waals surface area contributed by atoms with Crippen LogP contribution in [0.25, 0.3) is 11.3 Å². The zero-order valence-corrected chi connectivity index (χ0v) is 22.5. The molecule has 0 radical (unpaired) electrons. The average molecular weight is 542 g/mol.